The van der Waals surface area contributed by atoms with Crippen molar-refractivity contribution >= 4 is 27.3 Å². The summed E-state index contributed by atoms with van der Waals surface area (Å²) in [5.41, 5.74) is 3.10. The van der Waals surface area contributed by atoms with Crippen LogP contribution in [0.1, 0.15) is 0 Å². The van der Waals surface area contributed by atoms with E-state index in [9.17, 15) is 0 Å². The first-order valence-corrected chi connectivity index (χ1v) is 7.80. The summed E-state index contributed by atoms with van der Waals surface area (Å²) in [7, 11) is 1.68. The molecule has 1 heterocycles. The lowest BCUT2D eigenvalue weighted by Crippen LogP contribution is -1.87. The molecule has 3 aromatic rings. The molecule has 0 N–H and O–H groups in total. The lowest BCUT2D eigenvalue weighted by Gasteiger charge is -2.04. The first-order chi connectivity index (χ1) is 9.78. The third-order valence-corrected chi connectivity index (χ3v) is 4.40. The fourth-order valence-electron chi connectivity index (χ4n) is 1.98. The van der Waals surface area contributed by atoms with Crippen LogP contribution >= 0.6 is 27.3 Å². The van der Waals surface area contributed by atoms with Gasteiger partial charge in [-0.1, -0.05) is 40.2 Å². The number of benzene rings is 2. The molecular weight excluding hydrogens is 334 g/mol. The molecule has 0 spiro atoms. The van der Waals surface area contributed by atoms with Crippen molar-refractivity contribution in [3.8, 4) is 27.6 Å². The number of thiazole rings is 1. The van der Waals surface area contributed by atoms with Crippen molar-refractivity contribution in [1.82, 2.24) is 4.98 Å². The van der Waals surface area contributed by atoms with Crippen LogP contribution in [0.25, 0.3) is 21.8 Å². The van der Waals surface area contributed by atoms with Crippen LogP contribution in [0.4, 0.5) is 0 Å². The average Bonchev–Trinajstić information content (AvgIpc) is 2.97. The minimum absolute atomic E-state index is 0.847. The number of hydrogen-bond acceptors (Lipinski definition) is 3. The summed E-state index contributed by atoms with van der Waals surface area (Å²) in [6, 6.07) is 16.1. The Labute approximate surface area is 130 Å². The van der Waals surface area contributed by atoms with E-state index in [-0.39, 0.29) is 0 Å². The molecule has 0 aliphatic heterocycles. The number of ether oxygens (including phenoxy) is 1. The molecule has 20 heavy (non-hydrogen) atoms. The largest absolute Gasteiger partial charge is 0.496 e. The predicted molar refractivity (Wildman–Crippen MR) is 87.2 cm³/mol. The monoisotopic (exact) mass is 345 g/mol. The van der Waals surface area contributed by atoms with Gasteiger partial charge in [0.05, 0.1) is 12.8 Å². The van der Waals surface area contributed by atoms with Gasteiger partial charge in [-0.2, -0.15) is 0 Å². The molecule has 3 rings (SSSR count). The highest BCUT2D eigenvalue weighted by atomic mass is 79.9. The standard InChI is InChI=1S/C16H12BrNOS/c1-19-15-5-3-2-4-13(15)14-10-20-16(18-14)11-6-8-12(17)9-7-11/h2-10H,1H3. The zero-order chi connectivity index (χ0) is 13.9. The van der Waals surface area contributed by atoms with E-state index in [1.807, 2.05) is 36.4 Å². The molecule has 0 atom stereocenters. The van der Waals surface area contributed by atoms with Crippen LogP contribution in [0.3, 0.4) is 0 Å². The second-order valence-corrected chi connectivity index (χ2v) is 6.02. The first-order valence-electron chi connectivity index (χ1n) is 6.13. The highest BCUT2D eigenvalue weighted by Gasteiger charge is 2.10. The molecule has 100 valence electrons. The second-order valence-electron chi connectivity index (χ2n) is 4.25. The van der Waals surface area contributed by atoms with E-state index < -0.39 is 0 Å². The number of para-hydroxylation sites is 1. The predicted octanol–water partition coefficient (Wildman–Crippen LogP) is 5.25. The van der Waals surface area contributed by atoms with Crippen molar-refractivity contribution in [2.75, 3.05) is 7.11 Å². The van der Waals surface area contributed by atoms with Gasteiger partial charge in [0.15, 0.2) is 0 Å². The Morgan fingerprint density at radius 3 is 2.55 bits per heavy atom. The molecule has 0 aliphatic rings. The van der Waals surface area contributed by atoms with E-state index in [0.717, 1.165) is 32.1 Å². The zero-order valence-corrected chi connectivity index (χ0v) is 13.2. The normalized spacial score (nSPS) is 10.5. The second kappa shape index (κ2) is 5.77. The van der Waals surface area contributed by atoms with E-state index in [1.165, 1.54) is 0 Å². The molecule has 0 fully saturated rings. The van der Waals surface area contributed by atoms with Gasteiger partial charge < -0.3 is 4.74 Å². The Morgan fingerprint density at radius 2 is 1.80 bits per heavy atom. The van der Waals surface area contributed by atoms with Gasteiger partial charge in [-0.3, -0.25) is 0 Å². The van der Waals surface area contributed by atoms with Gasteiger partial charge >= 0.3 is 0 Å². The van der Waals surface area contributed by atoms with Gasteiger partial charge in [-0.05, 0) is 24.3 Å². The quantitative estimate of drug-likeness (QED) is 0.646. The Morgan fingerprint density at radius 1 is 1.05 bits per heavy atom. The average molecular weight is 346 g/mol. The van der Waals surface area contributed by atoms with Gasteiger partial charge in [-0.25, -0.2) is 4.98 Å². The van der Waals surface area contributed by atoms with Crippen molar-refractivity contribution in [1.29, 1.82) is 0 Å². The van der Waals surface area contributed by atoms with Crippen LogP contribution in [0.2, 0.25) is 0 Å². The summed E-state index contributed by atoms with van der Waals surface area (Å²) in [4.78, 5) is 4.71. The van der Waals surface area contributed by atoms with Crippen LogP contribution in [0.5, 0.6) is 5.75 Å². The van der Waals surface area contributed by atoms with Crippen molar-refractivity contribution in [3.05, 3.63) is 58.4 Å². The molecule has 2 nitrogen and oxygen atoms in total. The van der Waals surface area contributed by atoms with E-state index in [1.54, 1.807) is 18.4 Å². The number of halogens is 1. The van der Waals surface area contributed by atoms with Crippen LogP contribution in [0, 0.1) is 0 Å². The van der Waals surface area contributed by atoms with E-state index in [4.69, 9.17) is 9.72 Å². The molecular formula is C16H12BrNOS. The number of nitrogens with zero attached hydrogens (tertiary/aromatic N) is 1. The van der Waals surface area contributed by atoms with Crippen LogP contribution < -0.4 is 4.74 Å². The molecule has 0 unspecified atom stereocenters. The lowest BCUT2D eigenvalue weighted by atomic mass is 10.1. The molecule has 0 aliphatic carbocycles. The molecule has 2 aromatic carbocycles. The minimum atomic E-state index is 0.847. The summed E-state index contributed by atoms with van der Waals surface area (Å²) >= 11 is 5.09. The molecule has 0 saturated carbocycles. The molecule has 0 radical (unpaired) electrons. The van der Waals surface area contributed by atoms with Crippen LogP contribution in [-0.2, 0) is 0 Å². The molecule has 0 amide bonds. The van der Waals surface area contributed by atoms with Crippen molar-refractivity contribution in [2.24, 2.45) is 0 Å². The summed E-state index contributed by atoms with van der Waals surface area (Å²) in [5.74, 6) is 0.847. The van der Waals surface area contributed by atoms with Gasteiger partial charge in [0.25, 0.3) is 0 Å². The maximum Gasteiger partial charge on any atom is 0.128 e. The summed E-state index contributed by atoms with van der Waals surface area (Å²) < 4.78 is 6.46. The highest BCUT2D eigenvalue weighted by molar-refractivity contribution is 9.10. The van der Waals surface area contributed by atoms with E-state index >= 15 is 0 Å². The number of hydrogen-bond donors (Lipinski definition) is 0. The first kappa shape index (κ1) is 13.3. The summed E-state index contributed by atoms with van der Waals surface area (Å²) in [6.07, 6.45) is 0. The van der Waals surface area contributed by atoms with Crippen LogP contribution in [0.15, 0.2) is 58.4 Å². The van der Waals surface area contributed by atoms with Crippen LogP contribution in [-0.4, -0.2) is 12.1 Å². The summed E-state index contributed by atoms with van der Waals surface area (Å²) in [6.45, 7) is 0. The molecule has 0 saturated heterocycles. The van der Waals surface area contributed by atoms with Crippen molar-refractivity contribution in [3.63, 3.8) is 0 Å². The fourth-order valence-corrected chi connectivity index (χ4v) is 3.07. The maximum atomic E-state index is 5.39. The SMILES string of the molecule is COc1ccccc1-c1csc(-c2ccc(Br)cc2)n1. The smallest absolute Gasteiger partial charge is 0.128 e. The lowest BCUT2D eigenvalue weighted by molar-refractivity contribution is 0.416. The molecule has 4 heteroatoms. The van der Waals surface area contributed by atoms with E-state index in [2.05, 4.69) is 33.4 Å². The van der Waals surface area contributed by atoms with Gasteiger partial charge in [-0.15, -0.1) is 11.3 Å². The minimum Gasteiger partial charge on any atom is -0.496 e. The third kappa shape index (κ3) is 2.62. The Hall–Kier alpha value is -1.65. The zero-order valence-electron chi connectivity index (χ0n) is 10.8. The third-order valence-electron chi connectivity index (χ3n) is 2.98. The van der Waals surface area contributed by atoms with Crippen molar-refractivity contribution in [2.45, 2.75) is 0 Å². The van der Waals surface area contributed by atoms with Gasteiger partial charge in [0.2, 0.25) is 0 Å². The number of rotatable bonds is 3. The molecule has 1 aromatic heterocycles. The fraction of sp³-hybridized carbons (Fsp3) is 0.0625. The number of aromatic nitrogens is 1. The van der Waals surface area contributed by atoms with Gasteiger partial charge in [0.1, 0.15) is 10.8 Å². The molecule has 0 bridgehead atoms. The van der Waals surface area contributed by atoms with Gasteiger partial charge in [0, 0.05) is 21.0 Å². The highest BCUT2D eigenvalue weighted by Crippen LogP contribution is 2.33. The number of methoxy groups -OCH3 is 1. The Bertz CT molecular complexity index is 721. The topological polar surface area (TPSA) is 22.1 Å². The van der Waals surface area contributed by atoms with Crippen molar-refractivity contribution < 1.29 is 4.74 Å². The maximum absolute atomic E-state index is 5.39. The Balaban J connectivity index is 2.00. The van der Waals surface area contributed by atoms with E-state index in [0.29, 0.717) is 0 Å². The summed E-state index contributed by atoms with van der Waals surface area (Å²) in [5, 5.41) is 3.08. The Kier molecular flexibility index (Phi) is 3.85.